The van der Waals surface area contributed by atoms with Crippen molar-refractivity contribution >= 4 is 5.91 Å². The molecule has 3 N–H and O–H groups in total. The van der Waals surface area contributed by atoms with Crippen LogP contribution in [0.5, 0.6) is 0 Å². The van der Waals surface area contributed by atoms with Crippen molar-refractivity contribution in [3.05, 3.63) is 85.1 Å². The molecule has 0 saturated heterocycles. The van der Waals surface area contributed by atoms with E-state index >= 15 is 0 Å². The summed E-state index contributed by atoms with van der Waals surface area (Å²) in [5.41, 5.74) is 0. The van der Waals surface area contributed by atoms with E-state index < -0.39 is 12.1 Å². The third-order valence-electron chi connectivity index (χ3n) is 10.1. The monoisotopic (exact) mass is 764 g/mol. The van der Waals surface area contributed by atoms with E-state index in [2.05, 4.69) is 92.1 Å². The zero-order valence-electron chi connectivity index (χ0n) is 36.2. The van der Waals surface area contributed by atoms with Crippen molar-refractivity contribution in [1.82, 2.24) is 5.32 Å². The third kappa shape index (κ3) is 42.6. The van der Waals surface area contributed by atoms with Gasteiger partial charge in [0.15, 0.2) is 0 Å². The summed E-state index contributed by atoms with van der Waals surface area (Å²) in [6.07, 6.45) is 67.1. The molecule has 0 rings (SSSR count). The van der Waals surface area contributed by atoms with Gasteiger partial charge in [0, 0.05) is 6.42 Å². The zero-order valence-corrected chi connectivity index (χ0v) is 36.2. The molecule has 2 atom stereocenters. The van der Waals surface area contributed by atoms with Gasteiger partial charge in [-0.25, -0.2) is 0 Å². The summed E-state index contributed by atoms with van der Waals surface area (Å²) in [7, 11) is 0. The van der Waals surface area contributed by atoms with Crippen molar-refractivity contribution in [2.75, 3.05) is 6.61 Å². The number of aliphatic hydroxyl groups excluding tert-OH is 2. The van der Waals surface area contributed by atoms with Crippen LogP contribution >= 0.6 is 0 Å². The standard InChI is InChI=1S/C51H89NO3/c1-3-5-7-9-11-13-15-17-19-21-22-23-24-25-26-27-28-29-31-32-34-36-38-40-42-44-46-50(54)49(48-53)52-51(55)47-45-43-41-39-37-35-33-30-20-18-16-14-12-10-8-6-4-2/h6,8,12,14,18,20,29,31,33,35-36,38,44,46,49-50,53-54H,3-5,7,9-11,13,15-17,19,21-28,30,32,34,37,39-43,45,47-48H2,1-2H3,(H,52,55)/b8-6-,14-12-,20-18-,31-29+,35-33-,38-36+,46-44+. The number of rotatable bonds is 41. The normalized spacial score (nSPS) is 13.7. The number of aliphatic hydroxyl groups is 2. The van der Waals surface area contributed by atoms with Crippen molar-refractivity contribution in [2.24, 2.45) is 0 Å². The summed E-state index contributed by atoms with van der Waals surface area (Å²) < 4.78 is 0. The Morgan fingerprint density at radius 3 is 1.27 bits per heavy atom. The molecule has 0 aromatic carbocycles. The molecule has 4 nitrogen and oxygen atoms in total. The molecule has 0 fully saturated rings. The van der Waals surface area contributed by atoms with Crippen LogP contribution in [0, 0.1) is 0 Å². The van der Waals surface area contributed by atoms with Gasteiger partial charge in [-0.2, -0.15) is 0 Å². The number of carbonyl (C=O) groups is 1. The molecule has 316 valence electrons. The molecule has 0 aromatic heterocycles. The maximum Gasteiger partial charge on any atom is 0.220 e. The molecular formula is C51H89NO3. The highest BCUT2D eigenvalue weighted by Crippen LogP contribution is 2.14. The van der Waals surface area contributed by atoms with Gasteiger partial charge in [0.05, 0.1) is 18.8 Å². The van der Waals surface area contributed by atoms with Gasteiger partial charge in [-0.3, -0.25) is 4.79 Å². The van der Waals surface area contributed by atoms with E-state index in [4.69, 9.17) is 0 Å². The van der Waals surface area contributed by atoms with Crippen LogP contribution in [0.3, 0.4) is 0 Å². The van der Waals surface area contributed by atoms with E-state index in [0.29, 0.717) is 6.42 Å². The highest BCUT2D eigenvalue weighted by atomic mass is 16.3. The second-order valence-electron chi connectivity index (χ2n) is 15.4. The minimum Gasteiger partial charge on any atom is -0.394 e. The lowest BCUT2D eigenvalue weighted by Gasteiger charge is -2.19. The highest BCUT2D eigenvalue weighted by Gasteiger charge is 2.17. The van der Waals surface area contributed by atoms with Crippen LogP contribution in [-0.4, -0.2) is 34.9 Å². The fourth-order valence-corrected chi connectivity index (χ4v) is 6.55. The predicted molar refractivity (Wildman–Crippen MR) is 243 cm³/mol. The number of nitrogens with one attached hydrogen (secondary N) is 1. The summed E-state index contributed by atoms with van der Waals surface area (Å²) in [4.78, 5) is 12.4. The van der Waals surface area contributed by atoms with Gasteiger partial charge in [-0.05, 0) is 83.5 Å². The molecule has 2 unspecified atom stereocenters. The molecule has 1 amide bonds. The Bertz CT molecular complexity index is 1000. The molecular weight excluding hydrogens is 675 g/mol. The quantitative estimate of drug-likeness (QED) is 0.0429. The maximum absolute atomic E-state index is 12.4. The molecule has 0 spiro atoms. The fraction of sp³-hybridized carbons (Fsp3) is 0.706. The van der Waals surface area contributed by atoms with Crippen molar-refractivity contribution in [1.29, 1.82) is 0 Å². The fourth-order valence-electron chi connectivity index (χ4n) is 6.55. The van der Waals surface area contributed by atoms with Gasteiger partial charge in [0.2, 0.25) is 5.91 Å². The molecule has 0 aliphatic heterocycles. The third-order valence-corrected chi connectivity index (χ3v) is 10.1. The summed E-state index contributed by atoms with van der Waals surface area (Å²) in [6, 6.07) is -0.663. The van der Waals surface area contributed by atoms with Crippen LogP contribution < -0.4 is 5.32 Å². The lowest BCUT2D eigenvalue weighted by atomic mass is 10.0. The van der Waals surface area contributed by atoms with Gasteiger partial charge in [-0.15, -0.1) is 0 Å². The highest BCUT2D eigenvalue weighted by molar-refractivity contribution is 5.76. The second-order valence-corrected chi connectivity index (χ2v) is 15.4. The first-order chi connectivity index (χ1) is 27.2. The van der Waals surface area contributed by atoms with Gasteiger partial charge < -0.3 is 15.5 Å². The molecule has 0 radical (unpaired) electrons. The van der Waals surface area contributed by atoms with Crippen molar-refractivity contribution in [3.8, 4) is 0 Å². The zero-order chi connectivity index (χ0) is 40.0. The number of carbonyl (C=O) groups excluding carboxylic acids is 1. The molecule has 0 bridgehead atoms. The largest absolute Gasteiger partial charge is 0.394 e. The summed E-state index contributed by atoms with van der Waals surface area (Å²) in [6.45, 7) is 4.17. The Morgan fingerprint density at radius 2 is 0.818 bits per heavy atom. The minimum atomic E-state index is -0.886. The Labute approximate surface area is 341 Å². The Balaban J connectivity index is 3.67. The lowest BCUT2D eigenvalue weighted by molar-refractivity contribution is -0.123. The smallest absolute Gasteiger partial charge is 0.220 e. The first kappa shape index (κ1) is 52.6. The molecule has 0 aliphatic carbocycles. The maximum atomic E-state index is 12.4. The van der Waals surface area contributed by atoms with Gasteiger partial charge >= 0.3 is 0 Å². The number of hydrogen-bond acceptors (Lipinski definition) is 3. The summed E-state index contributed by atoms with van der Waals surface area (Å²) in [5.74, 6) is -0.104. The van der Waals surface area contributed by atoms with E-state index in [-0.39, 0.29) is 12.5 Å². The average molecular weight is 764 g/mol. The van der Waals surface area contributed by atoms with Crippen molar-refractivity contribution in [3.63, 3.8) is 0 Å². The van der Waals surface area contributed by atoms with Gasteiger partial charge in [0.1, 0.15) is 0 Å². The van der Waals surface area contributed by atoms with Crippen molar-refractivity contribution in [2.45, 2.75) is 225 Å². The van der Waals surface area contributed by atoms with E-state index in [1.807, 2.05) is 6.08 Å². The van der Waals surface area contributed by atoms with Crippen LogP contribution in [0.4, 0.5) is 0 Å². The van der Waals surface area contributed by atoms with Gasteiger partial charge in [-0.1, -0.05) is 208 Å². The number of allylic oxidation sites excluding steroid dienone is 13. The number of amides is 1. The molecule has 55 heavy (non-hydrogen) atoms. The van der Waals surface area contributed by atoms with Crippen molar-refractivity contribution < 1.29 is 15.0 Å². The SMILES string of the molecule is CC/C=C\C/C=C\C/C=C\C/C=C\CCCCCCC(=O)NC(CO)C(O)/C=C/CC/C=C/CC/C=C/CCCCCCCCCCCCCCCCCC. The van der Waals surface area contributed by atoms with E-state index in [1.54, 1.807) is 6.08 Å². The second kappa shape index (κ2) is 46.0. The summed E-state index contributed by atoms with van der Waals surface area (Å²) >= 11 is 0. The molecule has 0 aromatic rings. The number of unbranched alkanes of at least 4 members (excludes halogenated alkanes) is 22. The average Bonchev–Trinajstić information content (AvgIpc) is 3.19. The number of hydrogen-bond donors (Lipinski definition) is 3. The van der Waals surface area contributed by atoms with E-state index in [9.17, 15) is 15.0 Å². The molecule has 0 saturated carbocycles. The van der Waals surface area contributed by atoms with Gasteiger partial charge in [0.25, 0.3) is 0 Å². The first-order valence-electron chi connectivity index (χ1n) is 23.3. The van der Waals surface area contributed by atoms with Crippen LogP contribution in [0.2, 0.25) is 0 Å². The predicted octanol–water partition coefficient (Wildman–Crippen LogP) is 14.9. The van der Waals surface area contributed by atoms with Crippen LogP contribution in [0.25, 0.3) is 0 Å². The van der Waals surface area contributed by atoms with E-state index in [1.165, 1.54) is 109 Å². The first-order valence-corrected chi connectivity index (χ1v) is 23.3. The van der Waals surface area contributed by atoms with E-state index in [0.717, 1.165) is 83.5 Å². The molecule has 0 aliphatic rings. The Morgan fingerprint density at radius 1 is 0.455 bits per heavy atom. The summed E-state index contributed by atoms with van der Waals surface area (Å²) in [5, 5.41) is 23.0. The molecule has 4 heteroatoms. The van der Waals surface area contributed by atoms with Crippen LogP contribution in [0.1, 0.15) is 213 Å². The van der Waals surface area contributed by atoms with Crippen LogP contribution in [-0.2, 0) is 4.79 Å². The lowest BCUT2D eigenvalue weighted by Crippen LogP contribution is -2.45. The molecule has 0 heterocycles. The minimum absolute atomic E-state index is 0.104. The Hall–Kier alpha value is -2.43. The van der Waals surface area contributed by atoms with Crippen LogP contribution in [0.15, 0.2) is 85.1 Å². The Kier molecular flexibility index (Phi) is 43.9. The topological polar surface area (TPSA) is 69.6 Å².